The van der Waals surface area contributed by atoms with Crippen LogP contribution in [0.5, 0.6) is 0 Å². The molecule has 0 aliphatic rings. The van der Waals surface area contributed by atoms with Crippen molar-refractivity contribution in [2.75, 3.05) is 20.6 Å². The van der Waals surface area contributed by atoms with Gasteiger partial charge in [-0.05, 0) is 54.3 Å². The van der Waals surface area contributed by atoms with Crippen molar-refractivity contribution in [2.24, 2.45) is 9.98 Å². The molecule has 0 aromatic rings. The molecule has 3 nitrogen and oxygen atoms in total. The molecule has 0 rings (SSSR count). The molecule has 14 heavy (non-hydrogen) atoms. The summed E-state index contributed by atoms with van der Waals surface area (Å²) < 4.78 is 0. The highest BCUT2D eigenvalue weighted by Crippen LogP contribution is 2.00. The Morgan fingerprint density at radius 1 is 1.14 bits per heavy atom. The van der Waals surface area contributed by atoms with Crippen molar-refractivity contribution in [1.29, 1.82) is 0 Å². The van der Waals surface area contributed by atoms with Gasteiger partial charge in [0.2, 0.25) is 0 Å². The summed E-state index contributed by atoms with van der Waals surface area (Å²) in [6.07, 6.45) is 2.29. The van der Waals surface area contributed by atoms with Gasteiger partial charge in [0, 0.05) is 0 Å². The van der Waals surface area contributed by atoms with Crippen LogP contribution in [0, 0.1) is 0 Å². The highest BCUT2D eigenvalue weighted by molar-refractivity contribution is 5.41. The molecule has 0 fully saturated rings. The first-order valence-corrected chi connectivity index (χ1v) is 5.31. The Bertz CT molecular complexity index is 191. The maximum absolute atomic E-state index is 4.23. The fourth-order valence-electron chi connectivity index (χ4n) is 1.01. The second-order valence-corrected chi connectivity index (χ2v) is 4.25. The van der Waals surface area contributed by atoms with Crippen molar-refractivity contribution in [3.05, 3.63) is 0 Å². The van der Waals surface area contributed by atoms with E-state index >= 15 is 0 Å². The molecule has 0 radical (unpaired) electrons. The lowest BCUT2D eigenvalue weighted by Gasteiger charge is -2.09. The van der Waals surface area contributed by atoms with Gasteiger partial charge < -0.3 is 4.90 Å². The van der Waals surface area contributed by atoms with Crippen LogP contribution in [0.1, 0.15) is 33.6 Å². The van der Waals surface area contributed by atoms with Crippen LogP contribution in [-0.2, 0) is 0 Å². The molecule has 0 aliphatic heterocycles. The topological polar surface area (TPSA) is 28.0 Å². The van der Waals surface area contributed by atoms with Crippen molar-refractivity contribution in [2.45, 2.75) is 45.7 Å². The summed E-state index contributed by atoms with van der Waals surface area (Å²) in [4.78, 5) is 10.5. The van der Waals surface area contributed by atoms with Gasteiger partial charge in [0.15, 0.2) is 0 Å². The number of hydrogen-bond acceptors (Lipinski definition) is 3. The second kappa shape index (κ2) is 7.72. The zero-order valence-corrected chi connectivity index (χ0v) is 10.1. The second-order valence-electron chi connectivity index (χ2n) is 4.25. The molecule has 0 aromatic carbocycles. The minimum Gasteiger partial charge on any atom is -0.309 e. The lowest BCUT2D eigenvalue weighted by atomic mass is 10.2. The Hall–Kier alpha value is -0.660. The van der Waals surface area contributed by atoms with E-state index in [1.54, 1.807) is 0 Å². The number of rotatable bonds is 6. The van der Waals surface area contributed by atoms with Crippen LogP contribution in [0.2, 0.25) is 0 Å². The van der Waals surface area contributed by atoms with E-state index in [1.807, 2.05) is 13.8 Å². The molecular formula is C11H23N3. The molecule has 0 aromatic heterocycles. The standard InChI is InChI=1S/C11H23N3/c1-10(2)12-9-13-11(3)7-6-8-14(4)5/h10-11H,6-8H2,1-5H3. The monoisotopic (exact) mass is 197 g/mol. The quantitative estimate of drug-likeness (QED) is 0.600. The van der Waals surface area contributed by atoms with Gasteiger partial charge in [0.1, 0.15) is 0 Å². The summed E-state index contributed by atoms with van der Waals surface area (Å²) in [6.45, 7) is 7.29. The SMILES string of the molecule is CC(C)N=C=NC(C)CCCN(C)C. The van der Waals surface area contributed by atoms with Gasteiger partial charge in [-0.3, -0.25) is 0 Å². The molecule has 0 saturated carbocycles. The van der Waals surface area contributed by atoms with Crippen molar-refractivity contribution in [1.82, 2.24) is 4.90 Å². The molecule has 0 heterocycles. The van der Waals surface area contributed by atoms with Gasteiger partial charge >= 0.3 is 0 Å². The van der Waals surface area contributed by atoms with Crippen LogP contribution in [-0.4, -0.2) is 43.6 Å². The van der Waals surface area contributed by atoms with Gasteiger partial charge in [-0.25, -0.2) is 9.98 Å². The Morgan fingerprint density at radius 2 is 1.79 bits per heavy atom. The third-order valence-corrected chi connectivity index (χ3v) is 1.82. The van der Waals surface area contributed by atoms with Crippen LogP contribution >= 0.6 is 0 Å². The van der Waals surface area contributed by atoms with E-state index in [4.69, 9.17) is 0 Å². The van der Waals surface area contributed by atoms with Gasteiger partial charge in [-0.15, -0.1) is 0 Å². The van der Waals surface area contributed by atoms with E-state index in [1.165, 1.54) is 6.42 Å². The summed E-state index contributed by atoms with van der Waals surface area (Å²) >= 11 is 0. The number of nitrogens with zero attached hydrogens (tertiary/aromatic N) is 3. The molecule has 0 spiro atoms. The lowest BCUT2D eigenvalue weighted by molar-refractivity contribution is 0.388. The molecule has 0 amide bonds. The fourth-order valence-corrected chi connectivity index (χ4v) is 1.01. The Kier molecular flexibility index (Phi) is 7.35. The average Bonchev–Trinajstić information content (AvgIpc) is 2.02. The first-order chi connectivity index (χ1) is 6.52. The van der Waals surface area contributed by atoms with E-state index in [9.17, 15) is 0 Å². The first-order valence-electron chi connectivity index (χ1n) is 5.31. The third kappa shape index (κ3) is 9.43. The summed E-state index contributed by atoms with van der Waals surface area (Å²) in [5.41, 5.74) is 0. The maximum Gasteiger partial charge on any atom is 0.0898 e. The van der Waals surface area contributed by atoms with Crippen LogP contribution in [0.4, 0.5) is 0 Å². The minimum atomic E-state index is 0.299. The summed E-state index contributed by atoms with van der Waals surface area (Å²) in [5.74, 6) is 0. The molecule has 0 saturated heterocycles. The minimum absolute atomic E-state index is 0.299. The largest absolute Gasteiger partial charge is 0.309 e. The molecule has 0 aliphatic carbocycles. The molecule has 82 valence electrons. The zero-order valence-electron chi connectivity index (χ0n) is 10.1. The fraction of sp³-hybridized carbons (Fsp3) is 0.909. The molecule has 0 bridgehead atoms. The van der Waals surface area contributed by atoms with E-state index in [0.717, 1.165) is 13.0 Å². The van der Waals surface area contributed by atoms with Gasteiger partial charge in [-0.2, -0.15) is 0 Å². The van der Waals surface area contributed by atoms with Crippen molar-refractivity contribution in [3.8, 4) is 0 Å². The van der Waals surface area contributed by atoms with E-state index in [0.29, 0.717) is 12.1 Å². The van der Waals surface area contributed by atoms with E-state index < -0.39 is 0 Å². The average molecular weight is 197 g/mol. The van der Waals surface area contributed by atoms with Crippen LogP contribution in [0.25, 0.3) is 0 Å². The predicted octanol–water partition coefficient (Wildman–Crippen LogP) is 2.30. The van der Waals surface area contributed by atoms with Crippen LogP contribution in [0.3, 0.4) is 0 Å². The Balaban J connectivity index is 3.64. The van der Waals surface area contributed by atoms with Crippen molar-refractivity contribution in [3.63, 3.8) is 0 Å². The predicted molar refractivity (Wildman–Crippen MR) is 62.2 cm³/mol. The smallest absolute Gasteiger partial charge is 0.0898 e. The van der Waals surface area contributed by atoms with Crippen LogP contribution < -0.4 is 0 Å². The summed E-state index contributed by atoms with van der Waals surface area (Å²) in [7, 11) is 4.18. The Labute approximate surface area is 87.9 Å². The normalized spacial score (nSPS) is 12.8. The molecule has 1 atom stereocenters. The van der Waals surface area contributed by atoms with Gasteiger partial charge in [-0.1, -0.05) is 0 Å². The highest BCUT2D eigenvalue weighted by Gasteiger charge is 1.98. The van der Waals surface area contributed by atoms with E-state index in [2.05, 4.69) is 41.9 Å². The summed E-state index contributed by atoms with van der Waals surface area (Å²) in [5, 5.41) is 0. The molecule has 3 heteroatoms. The maximum atomic E-state index is 4.23. The van der Waals surface area contributed by atoms with Crippen molar-refractivity contribution < 1.29 is 0 Å². The van der Waals surface area contributed by atoms with E-state index in [-0.39, 0.29) is 0 Å². The number of hydrogen-bond donors (Lipinski definition) is 0. The third-order valence-electron chi connectivity index (χ3n) is 1.82. The first kappa shape index (κ1) is 13.3. The summed E-state index contributed by atoms with van der Waals surface area (Å²) in [6, 6.07) is 3.40. The Morgan fingerprint density at radius 3 is 2.29 bits per heavy atom. The van der Waals surface area contributed by atoms with Crippen molar-refractivity contribution >= 4 is 6.01 Å². The highest BCUT2D eigenvalue weighted by atomic mass is 15.0. The van der Waals surface area contributed by atoms with Gasteiger partial charge in [0.25, 0.3) is 0 Å². The zero-order chi connectivity index (χ0) is 11.0. The molecule has 1 unspecified atom stereocenters. The molecular weight excluding hydrogens is 174 g/mol. The van der Waals surface area contributed by atoms with Gasteiger partial charge in [0.05, 0.1) is 18.1 Å². The lowest BCUT2D eigenvalue weighted by Crippen LogP contribution is -2.14. The molecule has 0 N–H and O–H groups in total. The van der Waals surface area contributed by atoms with Crippen LogP contribution in [0.15, 0.2) is 9.98 Å². The number of aliphatic imine (C=N–C) groups is 2.